The lowest BCUT2D eigenvalue weighted by Crippen LogP contribution is -2.19. The first-order valence-corrected chi connectivity index (χ1v) is 3.17. The minimum absolute atomic E-state index is 0.351. The number of allylic oxidation sites excluding steroid dienone is 1. The quantitative estimate of drug-likeness (QED) is 0.465. The van der Waals surface area contributed by atoms with Crippen LogP contribution in [0.2, 0.25) is 0 Å². The Morgan fingerprint density at radius 1 is 1.70 bits per heavy atom. The van der Waals surface area contributed by atoms with Gasteiger partial charge in [-0.05, 0) is 31.7 Å². The molecule has 0 rings (SSSR count). The lowest BCUT2D eigenvalue weighted by atomic mass is 10.1. The van der Waals surface area contributed by atoms with Gasteiger partial charge in [0.25, 0.3) is 0 Å². The molecular formula is C8H14N2. The summed E-state index contributed by atoms with van der Waals surface area (Å²) in [5, 5.41) is 0. The van der Waals surface area contributed by atoms with Crippen LogP contribution >= 0.6 is 0 Å². The SMILES string of the molecule is C=NC(N)C(=C)/C(C)=C\C. The van der Waals surface area contributed by atoms with Crippen LogP contribution in [-0.4, -0.2) is 12.9 Å². The highest BCUT2D eigenvalue weighted by molar-refractivity contribution is 5.34. The molecule has 0 spiro atoms. The highest BCUT2D eigenvalue weighted by atomic mass is 14.9. The predicted octanol–water partition coefficient (Wildman–Crippen LogP) is 1.49. The molecule has 2 heteroatoms. The molecule has 0 aliphatic heterocycles. The van der Waals surface area contributed by atoms with Crippen molar-refractivity contribution in [2.75, 3.05) is 0 Å². The summed E-state index contributed by atoms with van der Waals surface area (Å²) in [5.74, 6) is 0. The Labute approximate surface area is 62.1 Å². The van der Waals surface area contributed by atoms with Gasteiger partial charge in [-0.3, -0.25) is 4.99 Å². The van der Waals surface area contributed by atoms with E-state index in [9.17, 15) is 0 Å². The van der Waals surface area contributed by atoms with E-state index in [4.69, 9.17) is 5.73 Å². The third-order valence-electron chi connectivity index (χ3n) is 1.49. The number of rotatable bonds is 3. The Morgan fingerprint density at radius 2 is 2.20 bits per heavy atom. The molecule has 0 radical (unpaired) electrons. The number of nitrogens with zero attached hydrogens (tertiary/aromatic N) is 1. The Kier molecular flexibility index (Phi) is 3.65. The van der Waals surface area contributed by atoms with Crippen molar-refractivity contribution in [3.05, 3.63) is 23.8 Å². The van der Waals surface area contributed by atoms with Crippen molar-refractivity contribution in [2.45, 2.75) is 20.0 Å². The number of nitrogens with two attached hydrogens (primary N) is 1. The summed E-state index contributed by atoms with van der Waals surface area (Å²) in [6.07, 6.45) is 1.60. The Bertz CT molecular complexity index is 168. The van der Waals surface area contributed by atoms with E-state index in [0.717, 1.165) is 11.1 Å². The van der Waals surface area contributed by atoms with Crippen molar-refractivity contribution in [2.24, 2.45) is 10.7 Å². The Morgan fingerprint density at radius 3 is 2.50 bits per heavy atom. The maximum absolute atomic E-state index is 5.52. The molecule has 0 saturated carbocycles. The van der Waals surface area contributed by atoms with Gasteiger partial charge < -0.3 is 5.73 Å². The average molecular weight is 138 g/mol. The van der Waals surface area contributed by atoms with Crippen LogP contribution in [0.15, 0.2) is 28.8 Å². The van der Waals surface area contributed by atoms with Gasteiger partial charge >= 0.3 is 0 Å². The van der Waals surface area contributed by atoms with Gasteiger partial charge in [-0.1, -0.05) is 12.7 Å². The highest BCUT2D eigenvalue weighted by Gasteiger charge is 2.03. The molecule has 0 amide bonds. The number of aliphatic imine (C=N–C) groups is 1. The topological polar surface area (TPSA) is 38.4 Å². The molecule has 0 aromatic rings. The number of hydrogen-bond donors (Lipinski definition) is 1. The maximum Gasteiger partial charge on any atom is 0.121 e. The van der Waals surface area contributed by atoms with Crippen LogP contribution in [0.3, 0.4) is 0 Å². The summed E-state index contributed by atoms with van der Waals surface area (Å²) >= 11 is 0. The van der Waals surface area contributed by atoms with Gasteiger partial charge in [0, 0.05) is 0 Å². The molecule has 10 heavy (non-hydrogen) atoms. The van der Waals surface area contributed by atoms with Gasteiger partial charge in [0.1, 0.15) is 6.17 Å². The molecule has 1 atom stereocenters. The minimum atomic E-state index is -0.351. The minimum Gasteiger partial charge on any atom is -0.306 e. The molecule has 56 valence electrons. The smallest absolute Gasteiger partial charge is 0.121 e. The Hall–Kier alpha value is -0.890. The zero-order chi connectivity index (χ0) is 8.15. The molecule has 0 aromatic heterocycles. The van der Waals surface area contributed by atoms with E-state index in [1.165, 1.54) is 0 Å². The summed E-state index contributed by atoms with van der Waals surface area (Å²) in [5.41, 5.74) is 7.42. The van der Waals surface area contributed by atoms with E-state index in [1.54, 1.807) is 0 Å². The van der Waals surface area contributed by atoms with Crippen LogP contribution in [0.25, 0.3) is 0 Å². The first kappa shape index (κ1) is 9.11. The first-order chi connectivity index (χ1) is 4.63. The van der Waals surface area contributed by atoms with Gasteiger partial charge in [-0.25, -0.2) is 0 Å². The molecule has 0 fully saturated rings. The molecule has 2 nitrogen and oxygen atoms in total. The van der Waals surface area contributed by atoms with Gasteiger partial charge in [0.15, 0.2) is 0 Å². The van der Waals surface area contributed by atoms with Gasteiger partial charge in [-0.15, -0.1) is 0 Å². The normalized spacial score (nSPS) is 14.5. The van der Waals surface area contributed by atoms with Crippen molar-refractivity contribution < 1.29 is 0 Å². The summed E-state index contributed by atoms with van der Waals surface area (Å²) < 4.78 is 0. The molecule has 0 aromatic carbocycles. The van der Waals surface area contributed by atoms with Crippen LogP contribution in [-0.2, 0) is 0 Å². The molecule has 0 aliphatic rings. The maximum atomic E-state index is 5.52. The second kappa shape index (κ2) is 4.01. The number of hydrogen-bond acceptors (Lipinski definition) is 2. The monoisotopic (exact) mass is 138 g/mol. The Balaban J connectivity index is 4.22. The van der Waals surface area contributed by atoms with Crippen LogP contribution in [0, 0.1) is 0 Å². The fourth-order valence-corrected chi connectivity index (χ4v) is 0.529. The van der Waals surface area contributed by atoms with Crippen molar-refractivity contribution in [3.8, 4) is 0 Å². The fourth-order valence-electron chi connectivity index (χ4n) is 0.529. The van der Waals surface area contributed by atoms with E-state index < -0.39 is 0 Å². The standard InChI is InChI=1S/C8H14N2/c1-5-6(2)7(3)8(9)10-4/h5,8H,3-4,9H2,1-2H3/b6-5-. The van der Waals surface area contributed by atoms with Crippen molar-refractivity contribution in [1.82, 2.24) is 0 Å². The summed E-state index contributed by atoms with van der Waals surface area (Å²) in [6, 6.07) is 0. The zero-order valence-electron chi connectivity index (χ0n) is 6.59. The summed E-state index contributed by atoms with van der Waals surface area (Å²) in [4.78, 5) is 3.64. The molecule has 2 N–H and O–H groups in total. The van der Waals surface area contributed by atoms with Crippen LogP contribution in [0.1, 0.15) is 13.8 Å². The summed E-state index contributed by atoms with van der Waals surface area (Å²) in [7, 11) is 0. The second-order valence-corrected chi connectivity index (χ2v) is 2.12. The largest absolute Gasteiger partial charge is 0.306 e. The van der Waals surface area contributed by atoms with Crippen LogP contribution < -0.4 is 5.73 Å². The highest BCUT2D eigenvalue weighted by Crippen LogP contribution is 2.09. The predicted molar refractivity (Wildman–Crippen MR) is 46.1 cm³/mol. The van der Waals surface area contributed by atoms with Crippen molar-refractivity contribution in [1.29, 1.82) is 0 Å². The van der Waals surface area contributed by atoms with Crippen LogP contribution in [0.5, 0.6) is 0 Å². The van der Waals surface area contributed by atoms with Crippen molar-refractivity contribution >= 4 is 6.72 Å². The summed E-state index contributed by atoms with van der Waals surface area (Å²) in [6.45, 7) is 11.0. The van der Waals surface area contributed by atoms with E-state index in [1.807, 2.05) is 19.9 Å². The lowest BCUT2D eigenvalue weighted by molar-refractivity contribution is 0.837. The third kappa shape index (κ3) is 2.15. The zero-order valence-corrected chi connectivity index (χ0v) is 6.59. The molecular weight excluding hydrogens is 124 g/mol. The molecule has 0 saturated heterocycles. The van der Waals surface area contributed by atoms with E-state index in [2.05, 4.69) is 18.3 Å². The van der Waals surface area contributed by atoms with Crippen LogP contribution in [0.4, 0.5) is 0 Å². The van der Waals surface area contributed by atoms with E-state index in [0.29, 0.717) is 0 Å². The van der Waals surface area contributed by atoms with Crippen molar-refractivity contribution in [3.63, 3.8) is 0 Å². The molecule has 0 bridgehead atoms. The van der Waals surface area contributed by atoms with Gasteiger partial charge in [0.2, 0.25) is 0 Å². The van der Waals surface area contributed by atoms with Gasteiger partial charge in [0.05, 0.1) is 0 Å². The third-order valence-corrected chi connectivity index (χ3v) is 1.49. The fraction of sp³-hybridized carbons (Fsp3) is 0.375. The first-order valence-electron chi connectivity index (χ1n) is 3.17. The second-order valence-electron chi connectivity index (χ2n) is 2.12. The average Bonchev–Trinajstić information content (AvgIpc) is 2.00. The molecule has 0 heterocycles. The molecule has 1 unspecified atom stereocenters. The van der Waals surface area contributed by atoms with E-state index >= 15 is 0 Å². The van der Waals surface area contributed by atoms with E-state index in [-0.39, 0.29) is 6.17 Å². The van der Waals surface area contributed by atoms with Gasteiger partial charge in [-0.2, -0.15) is 0 Å². The molecule has 0 aliphatic carbocycles. The lowest BCUT2D eigenvalue weighted by Gasteiger charge is -2.08.